The van der Waals surface area contributed by atoms with E-state index in [-0.39, 0.29) is 64.3 Å². The molecule has 6 fully saturated rings. The third kappa shape index (κ3) is 23.1. The fourth-order valence-electron chi connectivity index (χ4n) is 17.9. The smallest absolute Gasteiger partial charge is 0.230 e. The molecule has 3 saturated carbocycles. The lowest BCUT2D eigenvalue weighted by atomic mass is 9.61. The van der Waals surface area contributed by atoms with Gasteiger partial charge >= 0.3 is 0 Å². The van der Waals surface area contributed by atoms with E-state index in [1.807, 2.05) is 84.0 Å². The molecule has 600 valence electrons. The number of hydrogen-bond acceptors (Lipinski definition) is 9. The molecule has 3 saturated heterocycles. The van der Waals surface area contributed by atoms with Crippen LogP contribution < -0.4 is 26.6 Å². The Morgan fingerprint density at radius 3 is 1.03 bits per heavy atom. The molecular weight excluding hydrogens is 1410 g/mol. The van der Waals surface area contributed by atoms with Crippen molar-refractivity contribution in [3.63, 3.8) is 0 Å². The van der Waals surface area contributed by atoms with Crippen LogP contribution >= 0.6 is 11.6 Å². The third-order valence-electron chi connectivity index (χ3n) is 25.3. The maximum atomic E-state index is 13.5. The molecule has 0 unspecified atom stereocenters. The number of likely N-dealkylation sites (tertiary alicyclic amines) is 3. The number of rotatable bonds is 28. The molecule has 0 radical (unpaired) electrons. The molecule has 3 heterocycles. The number of hydrogen-bond donors (Lipinski definition) is 5. The Morgan fingerprint density at radius 1 is 0.396 bits per heavy atom. The highest BCUT2D eigenvalue weighted by Gasteiger charge is 2.46. The van der Waals surface area contributed by atoms with Gasteiger partial charge < -0.3 is 41.3 Å². The van der Waals surface area contributed by atoms with Crippen LogP contribution in [0, 0.1) is 50.2 Å². The minimum absolute atomic E-state index is 0.0288. The van der Waals surface area contributed by atoms with Crippen LogP contribution in [0.2, 0.25) is 5.02 Å². The van der Waals surface area contributed by atoms with E-state index in [0.29, 0.717) is 48.1 Å². The topological polar surface area (TPSA) is 172 Å². The summed E-state index contributed by atoms with van der Waals surface area (Å²) >= 11 is 6.09. The van der Waals surface area contributed by atoms with Crippen LogP contribution in [0.3, 0.4) is 0 Å². The van der Waals surface area contributed by atoms with Gasteiger partial charge in [0.2, 0.25) is 29.5 Å². The van der Waals surface area contributed by atoms with E-state index in [1.54, 1.807) is 24.3 Å². The van der Waals surface area contributed by atoms with Crippen LogP contribution in [0.15, 0.2) is 127 Å². The van der Waals surface area contributed by atoms with Gasteiger partial charge in [0.1, 0.15) is 17.4 Å². The van der Waals surface area contributed by atoms with Gasteiger partial charge in [-0.15, -0.1) is 0 Å². The first kappa shape index (κ1) is 85.8. The van der Waals surface area contributed by atoms with Crippen molar-refractivity contribution >= 4 is 64.0 Å². The highest BCUT2D eigenvalue weighted by Crippen LogP contribution is 2.47. The number of benzene rings is 6. The largest absolute Gasteiger partial charge is 0.355 e. The molecule has 5 N–H and O–H groups in total. The summed E-state index contributed by atoms with van der Waals surface area (Å²) in [7, 11) is 0. The molecule has 6 aromatic rings. The van der Waals surface area contributed by atoms with E-state index >= 15 is 0 Å². The summed E-state index contributed by atoms with van der Waals surface area (Å²) in [5.41, 5.74) is 12.4. The fourth-order valence-corrected chi connectivity index (χ4v) is 18.1. The number of halogens is 3. The Labute approximate surface area is 666 Å². The predicted octanol–water partition coefficient (Wildman–Crippen LogP) is 19.5. The summed E-state index contributed by atoms with van der Waals surface area (Å²) in [4.78, 5) is 83.7. The zero-order valence-electron chi connectivity index (χ0n) is 68.1. The summed E-state index contributed by atoms with van der Waals surface area (Å²) in [6.45, 7) is 28.7. The average molecular weight is 1540 g/mol. The Bertz CT molecular complexity index is 4030. The van der Waals surface area contributed by atoms with Crippen LogP contribution in [0.25, 0.3) is 0 Å². The maximum absolute atomic E-state index is 13.5. The molecule has 0 bridgehead atoms. The van der Waals surface area contributed by atoms with Crippen molar-refractivity contribution in [3.05, 3.63) is 194 Å². The normalized spacial score (nSPS) is 18.2. The minimum Gasteiger partial charge on any atom is -0.355 e. The van der Waals surface area contributed by atoms with Crippen molar-refractivity contribution in [1.82, 2.24) is 25.3 Å². The number of ketones is 1. The number of nitrogens with zero attached hydrogens (tertiary/aromatic N) is 3. The number of anilines is 3. The van der Waals surface area contributed by atoms with E-state index < -0.39 is 10.8 Å². The third-order valence-corrected chi connectivity index (χ3v) is 25.5. The number of carbonyl (C=O) groups excluding carboxylic acids is 6. The lowest BCUT2D eigenvalue weighted by Gasteiger charge is -2.41. The molecule has 0 atom stereocenters. The van der Waals surface area contributed by atoms with Crippen molar-refractivity contribution in [3.8, 4) is 0 Å². The first-order valence-corrected chi connectivity index (χ1v) is 42.5. The second-order valence-corrected chi connectivity index (χ2v) is 34.4. The van der Waals surface area contributed by atoms with Crippen molar-refractivity contribution < 1.29 is 37.5 Å². The summed E-state index contributed by atoms with van der Waals surface area (Å²) in [5.74, 6) is 1.71. The second-order valence-electron chi connectivity index (χ2n) is 34.0. The molecule has 14 nitrogen and oxygen atoms in total. The molecule has 0 spiro atoms. The summed E-state index contributed by atoms with van der Waals surface area (Å²) in [6, 6.07) is 39.8. The molecule has 3 aliphatic heterocycles. The number of Topliss-reactive ketones (excluding diaryl/α,β-unsaturated/α-hetero) is 1. The summed E-state index contributed by atoms with van der Waals surface area (Å²) in [5, 5.41) is 16.3. The van der Waals surface area contributed by atoms with E-state index in [1.165, 1.54) is 57.6 Å². The Morgan fingerprint density at radius 2 is 0.703 bits per heavy atom. The van der Waals surface area contributed by atoms with Crippen LogP contribution in [0.5, 0.6) is 0 Å². The van der Waals surface area contributed by atoms with Gasteiger partial charge in [-0.2, -0.15) is 0 Å². The molecule has 6 aromatic carbocycles. The van der Waals surface area contributed by atoms with E-state index in [0.717, 1.165) is 234 Å². The number of piperidine rings is 3. The quantitative estimate of drug-likeness (QED) is 0.0300. The fraction of sp³-hybridized carbons (Fsp3) is 0.553. The second kappa shape index (κ2) is 40.9. The molecule has 17 heteroatoms. The van der Waals surface area contributed by atoms with Crippen molar-refractivity contribution in [2.24, 2.45) is 17.8 Å². The maximum Gasteiger partial charge on any atom is 0.230 e. The van der Waals surface area contributed by atoms with Crippen molar-refractivity contribution in [2.45, 2.75) is 244 Å². The lowest BCUT2D eigenvalue weighted by molar-refractivity contribution is -0.128. The van der Waals surface area contributed by atoms with Gasteiger partial charge in [0.25, 0.3) is 0 Å². The van der Waals surface area contributed by atoms with Gasteiger partial charge in [0.15, 0.2) is 0 Å². The Balaban J connectivity index is 0.000000177. The minimum atomic E-state index is -0.522. The molecule has 6 aliphatic rings. The number of carbonyl (C=O) groups is 6. The van der Waals surface area contributed by atoms with Gasteiger partial charge in [-0.1, -0.05) is 146 Å². The van der Waals surface area contributed by atoms with Gasteiger partial charge in [0, 0.05) is 59.3 Å². The van der Waals surface area contributed by atoms with Crippen molar-refractivity contribution in [1.29, 1.82) is 0 Å². The molecule has 0 aromatic heterocycles. The number of unbranched alkanes of at least 4 members (excludes halogenated alkanes) is 1. The number of aryl methyl sites for hydroxylation is 3. The van der Waals surface area contributed by atoms with Gasteiger partial charge in [-0.3, -0.25) is 28.8 Å². The van der Waals surface area contributed by atoms with E-state index in [2.05, 4.69) is 98.5 Å². The van der Waals surface area contributed by atoms with Crippen LogP contribution in [-0.2, 0) is 45.0 Å². The summed E-state index contributed by atoms with van der Waals surface area (Å²) < 4.78 is 26.9. The number of amides is 5. The first-order chi connectivity index (χ1) is 53.3. The molecule has 3 aliphatic carbocycles. The first-order valence-electron chi connectivity index (χ1n) is 42.1. The highest BCUT2D eigenvalue weighted by molar-refractivity contribution is 6.30. The van der Waals surface area contributed by atoms with Crippen molar-refractivity contribution in [2.75, 3.05) is 87.9 Å². The van der Waals surface area contributed by atoms with Crippen LogP contribution in [-0.4, -0.2) is 122 Å². The summed E-state index contributed by atoms with van der Waals surface area (Å²) in [6.07, 6.45) is 22.9. The Kier molecular flexibility index (Phi) is 31.6. The number of nitrogens with one attached hydrogen (secondary N) is 5. The van der Waals surface area contributed by atoms with Crippen LogP contribution in [0.4, 0.5) is 25.8 Å². The zero-order chi connectivity index (χ0) is 79.2. The molecule has 5 amide bonds. The zero-order valence-corrected chi connectivity index (χ0v) is 68.8. The predicted molar refractivity (Wildman–Crippen MR) is 448 cm³/mol. The SMILES string of the molecule is Cc1ccc(NC(=O)C(C)C)cc1C1CCN(CCCCC(=O)C2(c3ccc(F)cc3)CCC2)CC1.Cc1ccc(NC(=O)C(C)C)cc1C1CCN(CCCNC(=O)C2(c3ccc(Cl)cc3)CCCC2)CC1.Cc1ccc(NC(=O)C(C)C)cc1C1CCN(CCCNC(=O)C2(c3ccc(F)cc3)CCCCC2)CC1. The lowest BCUT2D eigenvalue weighted by Crippen LogP contribution is -2.46. The van der Waals surface area contributed by atoms with Gasteiger partial charge in [0.05, 0.1) is 16.2 Å². The molecule has 111 heavy (non-hydrogen) atoms. The van der Waals surface area contributed by atoms with E-state index in [9.17, 15) is 37.5 Å². The molecular formula is C94H127ClF2N8O6. The van der Waals surface area contributed by atoms with Gasteiger partial charge in [-0.05, 0) is 323 Å². The standard InChI is InChI=1S/C32H44FN3O2.C31H42ClN3O2.C31H41FN2O2/c1-23(2)30(37)35-28-13-8-24(3)29(22-28)25-14-20-36(21-15-25)19-7-18-34-31(38)32(16-5-4-6-17-32)26-9-11-27(33)12-10-26;1-22(2)29(36)34-27-12-7-23(3)28(21-27)24-13-19-35(20-14-24)18-6-17-33-30(37)31(15-4-5-16-31)25-8-10-26(32)11-9-25;1-22(2)30(36)33-27-13-8-23(3)28(21-27)24-14-19-34(20-15-24)18-5-4-7-29(35)31(16-6-17-31)25-9-11-26(32)12-10-25/h8-13,22-23,25H,4-7,14-21H2,1-3H3,(H,34,38)(H,35,37);7-12,21-22,24H,4-6,13-20H2,1-3H3,(H,33,37)(H,34,36);8-13,21-22,24H,4-7,14-20H2,1-3H3,(H,33,36). The monoisotopic (exact) mass is 1540 g/mol. The van der Waals surface area contributed by atoms with E-state index in [4.69, 9.17) is 11.6 Å². The average Bonchev–Trinajstić information content (AvgIpc) is 1.49. The highest BCUT2D eigenvalue weighted by atomic mass is 35.5. The van der Waals surface area contributed by atoms with Crippen LogP contribution in [0.1, 0.15) is 257 Å². The van der Waals surface area contributed by atoms with Gasteiger partial charge in [-0.25, -0.2) is 8.78 Å². The molecule has 12 rings (SSSR count). The Hall–Kier alpha value is -7.63.